The van der Waals surface area contributed by atoms with Crippen LogP contribution in [-0.2, 0) is 0 Å². The highest BCUT2D eigenvalue weighted by atomic mass is 16.6. The largest absolute Gasteiger partial charge is 0.390 e. The van der Waals surface area contributed by atoms with Gasteiger partial charge < -0.3 is 4.84 Å². The maximum atomic E-state index is 8.78. The van der Waals surface area contributed by atoms with E-state index in [1.807, 2.05) is 30.3 Å². The van der Waals surface area contributed by atoms with E-state index in [2.05, 4.69) is 9.82 Å². The molecule has 2 N–H and O–H groups in total. The molecule has 0 amide bonds. The second kappa shape index (κ2) is 3.32. The number of pyridine rings is 1. The van der Waals surface area contributed by atoms with E-state index < -0.39 is 0 Å². The van der Waals surface area contributed by atoms with Gasteiger partial charge in [-0.15, -0.1) is 0 Å². The molecule has 2 aromatic rings. The summed E-state index contributed by atoms with van der Waals surface area (Å²) < 4.78 is 0. The van der Waals surface area contributed by atoms with Crippen molar-refractivity contribution in [1.82, 2.24) is 4.98 Å². The second-order valence-corrected chi connectivity index (χ2v) is 2.76. The van der Waals surface area contributed by atoms with Gasteiger partial charge in [-0.05, 0) is 12.1 Å². The number of nitriles is 1. The molecule has 1 aromatic heterocycles. The maximum absolute atomic E-state index is 8.78. The highest BCUT2D eigenvalue weighted by Crippen LogP contribution is 2.20. The third-order valence-corrected chi connectivity index (χ3v) is 1.92. The Balaban J connectivity index is 2.77. The minimum atomic E-state index is 0.159. The Bertz CT molecular complexity index is 516. The first-order valence-electron chi connectivity index (χ1n) is 4.02. The number of aromatic nitrogens is 1. The minimum absolute atomic E-state index is 0.159. The monoisotopic (exact) mass is 185 g/mol. The number of hydrogen-bond donors (Lipinski definition) is 1. The van der Waals surface area contributed by atoms with Crippen molar-refractivity contribution in [3.63, 3.8) is 0 Å². The predicted molar refractivity (Wildman–Crippen MR) is 51.3 cm³/mol. The number of nitrogens with zero attached hydrogens (tertiary/aromatic N) is 2. The zero-order chi connectivity index (χ0) is 9.97. The summed E-state index contributed by atoms with van der Waals surface area (Å²) in [4.78, 5) is 8.61. The van der Waals surface area contributed by atoms with Gasteiger partial charge in [0.05, 0.1) is 5.52 Å². The van der Waals surface area contributed by atoms with E-state index in [9.17, 15) is 0 Å². The first-order valence-corrected chi connectivity index (χ1v) is 4.02. The third kappa shape index (κ3) is 1.26. The Morgan fingerprint density at radius 3 is 2.86 bits per heavy atom. The van der Waals surface area contributed by atoms with Gasteiger partial charge in [-0.25, -0.2) is 4.98 Å². The van der Waals surface area contributed by atoms with E-state index >= 15 is 0 Å². The van der Waals surface area contributed by atoms with Crippen LogP contribution >= 0.6 is 0 Å². The van der Waals surface area contributed by atoms with Crippen LogP contribution in [0, 0.1) is 11.3 Å². The van der Waals surface area contributed by atoms with Crippen molar-refractivity contribution in [3.8, 4) is 11.9 Å². The topological polar surface area (TPSA) is 71.9 Å². The van der Waals surface area contributed by atoms with Crippen molar-refractivity contribution in [2.45, 2.75) is 0 Å². The first kappa shape index (κ1) is 8.48. The summed E-state index contributed by atoms with van der Waals surface area (Å²) in [5.74, 6) is 5.16. The summed E-state index contributed by atoms with van der Waals surface area (Å²) >= 11 is 0. The van der Waals surface area contributed by atoms with Gasteiger partial charge in [0.15, 0.2) is 0 Å². The van der Waals surface area contributed by atoms with Crippen molar-refractivity contribution < 1.29 is 4.84 Å². The number of hydrogen-bond acceptors (Lipinski definition) is 4. The molecule has 0 saturated carbocycles. The van der Waals surface area contributed by atoms with Crippen LogP contribution in [0.5, 0.6) is 5.88 Å². The lowest BCUT2D eigenvalue weighted by molar-refractivity contribution is 0.321. The molecular formula is C10H7N3O. The standard InChI is InChI=1S/C10H7N3O/c11-6-8-5-7-3-1-2-4-9(7)13-10(8)14-12/h1-5H,12H2. The Morgan fingerprint density at radius 1 is 1.36 bits per heavy atom. The van der Waals surface area contributed by atoms with Crippen molar-refractivity contribution in [2.24, 2.45) is 5.90 Å². The molecule has 0 aliphatic carbocycles. The Hall–Kier alpha value is -2.12. The first-order chi connectivity index (χ1) is 6.85. The summed E-state index contributed by atoms with van der Waals surface area (Å²) in [5, 5.41) is 9.68. The van der Waals surface area contributed by atoms with Crippen molar-refractivity contribution in [3.05, 3.63) is 35.9 Å². The zero-order valence-electron chi connectivity index (χ0n) is 7.27. The van der Waals surface area contributed by atoms with Gasteiger partial charge in [0, 0.05) is 5.39 Å². The summed E-state index contributed by atoms with van der Waals surface area (Å²) in [6, 6.07) is 11.1. The number of benzene rings is 1. The van der Waals surface area contributed by atoms with Crippen molar-refractivity contribution in [2.75, 3.05) is 0 Å². The predicted octanol–water partition coefficient (Wildman–Crippen LogP) is 1.36. The highest BCUT2D eigenvalue weighted by molar-refractivity contribution is 5.80. The fourth-order valence-electron chi connectivity index (χ4n) is 1.27. The summed E-state index contributed by atoms with van der Waals surface area (Å²) in [7, 11) is 0. The average Bonchev–Trinajstić information content (AvgIpc) is 2.27. The molecule has 0 spiro atoms. The van der Waals surface area contributed by atoms with Gasteiger partial charge in [0.25, 0.3) is 5.88 Å². The molecule has 4 heteroatoms. The number of para-hydroxylation sites is 1. The smallest absolute Gasteiger partial charge is 0.255 e. The number of nitrogens with two attached hydrogens (primary N) is 1. The molecule has 0 fully saturated rings. The molecular weight excluding hydrogens is 178 g/mol. The van der Waals surface area contributed by atoms with E-state index in [1.165, 1.54) is 0 Å². The van der Waals surface area contributed by atoms with E-state index in [0.717, 1.165) is 10.9 Å². The lowest BCUT2D eigenvalue weighted by atomic mass is 10.2. The van der Waals surface area contributed by atoms with Gasteiger partial charge in [-0.1, -0.05) is 18.2 Å². The van der Waals surface area contributed by atoms with Crippen LogP contribution in [0.15, 0.2) is 30.3 Å². The summed E-state index contributed by atoms with van der Waals surface area (Å²) in [6.45, 7) is 0. The fourth-order valence-corrected chi connectivity index (χ4v) is 1.27. The molecule has 2 rings (SSSR count). The lowest BCUT2D eigenvalue weighted by Crippen LogP contribution is -2.05. The SMILES string of the molecule is N#Cc1cc2ccccc2nc1ON. The van der Waals surface area contributed by atoms with E-state index in [4.69, 9.17) is 11.2 Å². The second-order valence-electron chi connectivity index (χ2n) is 2.76. The molecule has 0 atom stereocenters. The zero-order valence-corrected chi connectivity index (χ0v) is 7.27. The number of rotatable bonds is 1. The van der Waals surface area contributed by atoms with Crippen LogP contribution in [0.1, 0.15) is 5.56 Å². The van der Waals surface area contributed by atoms with Crippen LogP contribution < -0.4 is 10.7 Å². The average molecular weight is 185 g/mol. The molecule has 0 saturated heterocycles. The van der Waals surface area contributed by atoms with Crippen LogP contribution in [0.3, 0.4) is 0 Å². The lowest BCUT2D eigenvalue weighted by Gasteiger charge is -2.02. The van der Waals surface area contributed by atoms with Crippen LogP contribution in [0.4, 0.5) is 0 Å². The molecule has 68 valence electrons. The summed E-state index contributed by atoms with van der Waals surface area (Å²) in [6.07, 6.45) is 0. The Morgan fingerprint density at radius 2 is 2.14 bits per heavy atom. The molecule has 0 aliphatic heterocycles. The molecule has 14 heavy (non-hydrogen) atoms. The fraction of sp³-hybridized carbons (Fsp3) is 0. The van der Waals surface area contributed by atoms with Crippen molar-refractivity contribution in [1.29, 1.82) is 5.26 Å². The van der Waals surface area contributed by atoms with E-state index in [-0.39, 0.29) is 5.88 Å². The van der Waals surface area contributed by atoms with Gasteiger partial charge in [-0.3, -0.25) is 0 Å². The van der Waals surface area contributed by atoms with Gasteiger partial charge in [0.1, 0.15) is 11.6 Å². The van der Waals surface area contributed by atoms with Crippen molar-refractivity contribution >= 4 is 10.9 Å². The number of fused-ring (bicyclic) bond motifs is 1. The van der Waals surface area contributed by atoms with E-state index in [1.54, 1.807) is 6.07 Å². The van der Waals surface area contributed by atoms with Crippen LogP contribution in [0.25, 0.3) is 10.9 Å². The summed E-state index contributed by atoms with van der Waals surface area (Å²) in [5.41, 5.74) is 1.10. The van der Waals surface area contributed by atoms with Gasteiger partial charge >= 0.3 is 0 Å². The maximum Gasteiger partial charge on any atom is 0.255 e. The molecule has 0 aliphatic rings. The Labute approximate surface area is 80.5 Å². The highest BCUT2D eigenvalue weighted by Gasteiger charge is 2.06. The van der Waals surface area contributed by atoms with E-state index in [0.29, 0.717) is 5.56 Å². The molecule has 0 unspecified atom stereocenters. The molecule has 1 aromatic carbocycles. The molecule has 4 nitrogen and oxygen atoms in total. The third-order valence-electron chi connectivity index (χ3n) is 1.92. The minimum Gasteiger partial charge on any atom is -0.390 e. The molecule has 1 heterocycles. The van der Waals surface area contributed by atoms with Crippen LogP contribution in [0.2, 0.25) is 0 Å². The van der Waals surface area contributed by atoms with Gasteiger partial charge in [-0.2, -0.15) is 11.2 Å². The van der Waals surface area contributed by atoms with Crippen LogP contribution in [-0.4, -0.2) is 4.98 Å². The Kier molecular flexibility index (Phi) is 2.01. The molecule has 0 radical (unpaired) electrons. The molecule has 0 bridgehead atoms. The quantitative estimate of drug-likeness (QED) is 0.681. The van der Waals surface area contributed by atoms with Gasteiger partial charge in [0.2, 0.25) is 0 Å². The normalized spacial score (nSPS) is 9.71.